The fourth-order valence-corrected chi connectivity index (χ4v) is 2.44. The van der Waals surface area contributed by atoms with Gasteiger partial charge in [-0.05, 0) is 34.1 Å². The first-order valence-electron chi connectivity index (χ1n) is 6.50. The van der Waals surface area contributed by atoms with Crippen molar-refractivity contribution >= 4 is 36.0 Å². The minimum absolute atomic E-state index is 0.474. The number of hydrogen-bond acceptors (Lipinski definition) is 6. The maximum absolute atomic E-state index is 11.7. The number of anilines is 1. The van der Waals surface area contributed by atoms with Crippen LogP contribution in [0.15, 0.2) is 21.8 Å². The molecule has 0 fully saturated rings. The maximum atomic E-state index is 11.7. The molecule has 2 rings (SSSR count). The summed E-state index contributed by atoms with van der Waals surface area (Å²) in [5, 5.41) is 12.8. The van der Waals surface area contributed by atoms with Gasteiger partial charge >= 0.3 is 6.09 Å². The van der Waals surface area contributed by atoms with E-state index in [-0.39, 0.29) is 0 Å². The number of nitrogens with one attached hydrogen (secondary N) is 1. The summed E-state index contributed by atoms with van der Waals surface area (Å²) in [5.41, 5.74) is 0.370. The van der Waals surface area contributed by atoms with E-state index in [2.05, 4.69) is 20.5 Å². The first kappa shape index (κ1) is 15.7. The third kappa shape index (κ3) is 4.66. The molecule has 1 unspecified atom stereocenters. The molecular formula is C13H17BN4O2S. The Hall–Kier alpha value is -1.70. The van der Waals surface area contributed by atoms with Crippen LogP contribution in [0.25, 0.3) is 5.57 Å². The van der Waals surface area contributed by atoms with Gasteiger partial charge in [0.1, 0.15) is 13.4 Å². The molecule has 1 aromatic heterocycles. The molecule has 1 atom stereocenters. The first-order chi connectivity index (χ1) is 9.65. The number of hydrogen-bond donors (Lipinski definition) is 1. The molecule has 2 radical (unpaired) electrons. The number of azo groups is 1. The van der Waals surface area contributed by atoms with Gasteiger partial charge in [-0.3, -0.25) is 5.32 Å². The quantitative estimate of drug-likeness (QED) is 0.849. The fraction of sp³-hybridized carbons (Fsp3) is 0.538. The highest BCUT2D eigenvalue weighted by Gasteiger charge is 2.24. The van der Waals surface area contributed by atoms with Crippen LogP contribution in [-0.4, -0.2) is 30.0 Å². The number of rotatable bonds is 2. The van der Waals surface area contributed by atoms with Crippen molar-refractivity contribution in [2.24, 2.45) is 10.2 Å². The van der Waals surface area contributed by atoms with Crippen molar-refractivity contribution in [1.82, 2.24) is 4.98 Å². The van der Waals surface area contributed by atoms with Gasteiger partial charge in [0.25, 0.3) is 0 Å². The normalized spacial score (nSPS) is 21.8. The second-order valence-corrected chi connectivity index (χ2v) is 6.93. The van der Waals surface area contributed by atoms with Crippen molar-refractivity contribution in [3.05, 3.63) is 17.3 Å². The lowest BCUT2D eigenvalue weighted by atomic mass is 9.75. The van der Waals surface area contributed by atoms with E-state index < -0.39 is 17.1 Å². The molecule has 2 heterocycles. The van der Waals surface area contributed by atoms with Gasteiger partial charge in [-0.1, -0.05) is 0 Å². The summed E-state index contributed by atoms with van der Waals surface area (Å²) >= 11 is 1.32. The molecule has 0 saturated heterocycles. The number of carbonyl (C=O) groups is 1. The lowest BCUT2D eigenvalue weighted by Crippen LogP contribution is -2.27. The van der Waals surface area contributed by atoms with Gasteiger partial charge < -0.3 is 4.74 Å². The molecule has 6 nitrogen and oxygen atoms in total. The van der Waals surface area contributed by atoms with Gasteiger partial charge in [0.2, 0.25) is 0 Å². The van der Waals surface area contributed by atoms with Crippen LogP contribution in [0, 0.1) is 0 Å². The Labute approximate surface area is 129 Å². The minimum atomic E-state index is -0.716. The summed E-state index contributed by atoms with van der Waals surface area (Å²) in [5.74, 6) is 0. The summed E-state index contributed by atoms with van der Waals surface area (Å²) in [4.78, 5) is 16.0. The van der Waals surface area contributed by atoms with Crippen LogP contribution in [0.1, 0.15) is 39.8 Å². The van der Waals surface area contributed by atoms with Crippen molar-refractivity contribution < 1.29 is 9.53 Å². The van der Waals surface area contributed by atoms with Crippen molar-refractivity contribution in [3.63, 3.8) is 0 Å². The van der Waals surface area contributed by atoms with Crippen molar-refractivity contribution in [1.29, 1.82) is 0 Å². The predicted molar refractivity (Wildman–Crippen MR) is 83.6 cm³/mol. The Kier molecular flexibility index (Phi) is 4.18. The van der Waals surface area contributed by atoms with E-state index in [4.69, 9.17) is 12.6 Å². The highest BCUT2D eigenvalue weighted by Crippen LogP contribution is 2.31. The number of ether oxygens (including phenoxy) is 1. The average Bonchev–Trinajstić information content (AvgIpc) is 2.73. The number of nitrogens with zero attached hydrogens (tertiary/aromatic N) is 3. The summed E-state index contributed by atoms with van der Waals surface area (Å²) in [6, 6.07) is 0. The lowest BCUT2D eigenvalue weighted by molar-refractivity contribution is 0.0636. The van der Waals surface area contributed by atoms with Gasteiger partial charge in [0.15, 0.2) is 5.13 Å². The van der Waals surface area contributed by atoms with E-state index in [1.807, 2.05) is 5.38 Å². The molecule has 1 aromatic rings. The minimum Gasteiger partial charge on any atom is -0.444 e. The zero-order valence-corrected chi connectivity index (χ0v) is 13.3. The lowest BCUT2D eigenvalue weighted by Gasteiger charge is -2.22. The summed E-state index contributed by atoms with van der Waals surface area (Å²) < 4.78 is 5.18. The summed E-state index contributed by atoms with van der Waals surface area (Å²) in [7, 11) is 5.95. The molecule has 8 heteroatoms. The second-order valence-electron chi connectivity index (χ2n) is 6.07. The SMILES string of the molecule is [B]C1(C)CC(c2csc(NC(=O)OC(C)(C)C)n2)=CN=N1. The van der Waals surface area contributed by atoms with Crippen LogP contribution in [0.2, 0.25) is 0 Å². The van der Waals surface area contributed by atoms with Gasteiger partial charge in [-0.25, -0.2) is 9.78 Å². The van der Waals surface area contributed by atoms with Crippen LogP contribution in [0.3, 0.4) is 0 Å². The third-order valence-electron chi connectivity index (χ3n) is 2.49. The van der Waals surface area contributed by atoms with E-state index in [0.717, 1.165) is 11.3 Å². The summed E-state index contributed by atoms with van der Waals surface area (Å²) in [6.45, 7) is 7.22. The highest BCUT2D eigenvalue weighted by molar-refractivity contribution is 7.14. The molecule has 110 valence electrons. The summed E-state index contributed by atoms with van der Waals surface area (Å²) in [6.07, 6.45) is 1.66. The maximum Gasteiger partial charge on any atom is 0.413 e. The van der Waals surface area contributed by atoms with Crippen LogP contribution in [0.4, 0.5) is 9.93 Å². The van der Waals surface area contributed by atoms with E-state index >= 15 is 0 Å². The van der Waals surface area contributed by atoms with Gasteiger partial charge in [0, 0.05) is 16.4 Å². The molecule has 0 saturated carbocycles. The predicted octanol–water partition coefficient (Wildman–Crippen LogP) is 3.57. The number of carbonyl (C=O) groups excluding carboxylic acids is 1. The van der Waals surface area contributed by atoms with Crippen molar-refractivity contribution in [2.45, 2.75) is 45.2 Å². The zero-order chi connectivity index (χ0) is 15.7. The van der Waals surface area contributed by atoms with Crippen molar-refractivity contribution in [2.75, 3.05) is 5.32 Å². The monoisotopic (exact) mass is 304 g/mol. The number of thiazole rings is 1. The Morgan fingerprint density at radius 1 is 1.52 bits per heavy atom. The second kappa shape index (κ2) is 5.59. The molecule has 1 aliphatic rings. The Balaban J connectivity index is 2.04. The largest absolute Gasteiger partial charge is 0.444 e. The molecule has 1 N–H and O–H groups in total. The van der Waals surface area contributed by atoms with E-state index in [1.54, 1.807) is 33.9 Å². The molecule has 0 spiro atoms. The molecule has 0 aliphatic carbocycles. The Morgan fingerprint density at radius 2 is 2.24 bits per heavy atom. The molecule has 0 bridgehead atoms. The van der Waals surface area contributed by atoms with Gasteiger partial charge in [0.05, 0.1) is 11.9 Å². The van der Waals surface area contributed by atoms with E-state index in [9.17, 15) is 4.79 Å². The highest BCUT2D eigenvalue weighted by atomic mass is 32.1. The molecule has 1 aliphatic heterocycles. The Morgan fingerprint density at radius 3 is 2.86 bits per heavy atom. The van der Waals surface area contributed by atoms with Crippen LogP contribution >= 0.6 is 11.3 Å². The molecule has 1 amide bonds. The van der Waals surface area contributed by atoms with E-state index in [0.29, 0.717) is 11.6 Å². The molecule has 21 heavy (non-hydrogen) atoms. The van der Waals surface area contributed by atoms with E-state index in [1.165, 1.54) is 11.3 Å². The number of amides is 1. The Bertz CT molecular complexity index is 602. The first-order valence-corrected chi connectivity index (χ1v) is 7.38. The zero-order valence-electron chi connectivity index (χ0n) is 12.5. The average molecular weight is 304 g/mol. The third-order valence-corrected chi connectivity index (χ3v) is 3.25. The van der Waals surface area contributed by atoms with Crippen LogP contribution < -0.4 is 5.32 Å². The van der Waals surface area contributed by atoms with Crippen LogP contribution in [-0.2, 0) is 4.74 Å². The fourth-order valence-electron chi connectivity index (χ4n) is 1.72. The molecular weight excluding hydrogens is 287 g/mol. The molecule has 0 aromatic carbocycles. The standard InChI is InChI=1S/C13H17BN4O2S/c1-12(2,3)20-11(19)17-10-16-9(7-21-10)8-5-13(4,14)18-15-6-8/h6-7H,5H2,1-4H3,(H,16,17,19). The number of aromatic nitrogens is 1. The van der Waals surface area contributed by atoms with Crippen LogP contribution in [0.5, 0.6) is 0 Å². The topological polar surface area (TPSA) is 75.9 Å². The van der Waals surface area contributed by atoms with Gasteiger partial charge in [-0.2, -0.15) is 10.2 Å². The van der Waals surface area contributed by atoms with Gasteiger partial charge in [-0.15, -0.1) is 11.3 Å². The van der Waals surface area contributed by atoms with Crippen molar-refractivity contribution in [3.8, 4) is 0 Å². The smallest absolute Gasteiger partial charge is 0.413 e.